The number of hydrogen-bond donors (Lipinski definition) is 2. The summed E-state index contributed by atoms with van der Waals surface area (Å²) in [5.41, 5.74) is 2.13. The van der Waals surface area contributed by atoms with Crippen molar-refractivity contribution < 1.29 is 19.0 Å². The fourth-order valence-electron chi connectivity index (χ4n) is 1.95. The Balaban J connectivity index is 2.11. The molecule has 2 N–H and O–H groups in total. The Hall–Kier alpha value is -1.24. The van der Waals surface area contributed by atoms with Crippen molar-refractivity contribution in [3.63, 3.8) is 0 Å². The van der Waals surface area contributed by atoms with E-state index < -0.39 is 6.67 Å². The van der Waals surface area contributed by atoms with Gasteiger partial charge in [-0.05, 0) is 27.9 Å². The molecule has 0 aliphatic carbocycles. The van der Waals surface area contributed by atoms with E-state index in [4.69, 9.17) is 14.6 Å². The summed E-state index contributed by atoms with van der Waals surface area (Å²) in [7, 11) is 0. The van der Waals surface area contributed by atoms with Crippen LogP contribution in [0, 0.1) is 5.92 Å². The fourth-order valence-corrected chi connectivity index (χ4v) is 2.45. The van der Waals surface area contributed by atoms with Gasteiger partial charge in [-0.3, -0.25) is 0 Å². The largest absolute Gasteiger partial charge is 0.433 e. The molecule has 0 spiro atoms. The van der Waals surface area contributed by atoms with Crippen LogP contribution in [0.5, 0.6) is 0 Å². The van der Waals surface area contributed by atoms with Crippen molar-refractivity contribution in [3.05, 3.63) is 40.4 Å². The van der Waals surface area contributed by atoms with Crippen LogP contribution < -0.4 is 0 Å². The van der Waals surface area contributed by atoms with Crippen LogP contribution in [0.25, 0.3) is 11.3 Å². The number of rotatable bonds is 7. The van der Waals surface area contributed by atoms with E-state index in [0.717, 1.165) is 5.56 Å². The second-order valence-electron chi connectivity index (χ2n) is 4.83. The van der Waals surface area contributed by atoms with Gasteiger partial charge in [-0.15, -0.1) is 0 Å². The first-order chi connectivity index (χ1) is 10.2. The lowest BCUT2D eigenvalue weighted by Crippen LogP contribution is -2.11. The van der Waals surface area contributed by atoms with Gasteiger partial charge < -0.3 is 14.6 Å². The summed E-state index contributed by atoms with van der Waals surface area (Å²) < 4.78 is 18.6. The third-order valence-corrected chi connectivity index (χ3v) is 3.83. The van der Waals surface area contributed by atoms with Gasteiger partial charge in [0.1, 0.15) is 12.4 Å². The Labute approximate surface area is 130 Å². The molecule has 0 bridgehead atoms. The van der Waals surface area contributed by atoms with Gasteiger partial charge in [0.05, 0.1) is 0 Å². The molecule has 0 amide bonds. The van der Waals surface area contributed by atoms with E-state index in [1.165, 1.54) is 0 Å². The zero-order chi connectivity index (χ0) is 15.2. The number of aryl methyl sites for hydroxylation is 1. The molecule has 1 heterocycles. The molecule has 0 saturated heterocycles. The maximum atomic E-state index is 12.5. The van der Waals surface area contributed by atoms with Crippen LogP contribution in [0.15, 0.2) is 33.4 Å². The maximum Gasteiger partial charge on any atom is 0.197 e. The van der Waals surface area contributed by atoms with Gasteiger partial charge in [0.25, 0.3) is 0 Å². The molecule has 2 rings (SSSR count). The van der Waals surface area contributed by atoms with Gasteiger partial charge in [0.2, 0.25) is 0 Å². The standard InChI is InChI=1S/C15H17BrFNO3/c16-15-14(12-4-1-10(7-17)2-5-12)18-13(21-15)6-3-11(8-19)9-20/h1-2,4-5,11,19-20H,3,6-9H2. The summed E-state index contributed by atoms with van der Waals surface area (Å²) >= 11 is 3.33. The SMILES string of the molecule is OCC(CO)CCc1nc(-c2ccc(CF)cc2)c(Br)o1. The number of aliphatic hydroxyl groups is 2. The van der Waals surface area contributed by atoms with Crippen LogP contribution in [0.1, 0.15) is 17.9 Å². The Kier molecular flexibility index (Phi) is 5.90. The van der Waals surface area contributed by atoms with E-state index in [0.29, 0.717) is 34.7 Å². The van der Waals surface area contributed by atoms with E-state index in [1.807, 2.05) is 0 Å². The molecule has 0 aliphatic rings. The predicted molar refractivity (Wildman–Crippen MR) is 80.4 cm³/mol. The number of benzene rings is 1. The molecule has 0 radical (unpaired) electrons. The summed E-state index contributed by atoms with van der Waals surface area (Å²) in [5, 5.41) is 18.1. The molecular formula is C15H17BrFNO3. The monoisotopic (exact) mass is 357 g/mol. The van der Waals surface area contributed by atoms with Crippen LogP contribution >= 0.6 is 15.9 Å². The molecule has 0 saturated carbocycles. The molecule has 0 aliphatic heterocycles. The molecule has 114 valence electrons. The quantitative estimate of drug-likeness (QED) is 0.798. The number of alkyl halides is 1. The molecule has 1 aromatic carbocycles. The van der Waals surface area contributed by atoms with Crippen molar-refractivity contribution >= 4 is 15.9 Å². The number of aliphatic hydroxyl groups excluding tert-OH is 2. The van der Waals surface area contributed by atoms with E-state index in [2.05, 4.69) is 20.9 Å². The van der Waals surface area contributed by atoms with E-state index in [9.17, 15) is 4.39 Å². The molecule has 4 nitrogen and oxygen atoms in total. The van der Waals surface area contributed by atoms with Gasteiger partial charge in [-0.25, -0.2) is 9.37 Å². The predicted octanol–water partition coefficient (Wildman–Crippen LogP) is 3.11. The number of nitrogens with zero attached hydrogens (tertiary/aromatic N) is 1. The van der Waals surface area contributed by atoms with Crippen molar-refractivity contribution in [2.75, 3.05) is 13.2 Å². The maximum absolute atomic E-state index is 12.5. The van der Waals surface area contributed by atoms with Gasteiger partial charge in [0.15, 0.2) is 10.6 Å². The molecule has 0 fully saturated rings. The lowest BCUT2D eigenvalue weighted by atomic mass is 10.1. The highest BCUT2D eigenvalue weighted by Crippen LogP contribution is 2.29. The number of oxazole rings is 1. The second kappa shape index (κ2) is 7.68. The van der Waals surface area contributed by atoms with Gasteiger partial charge in [0, 0.05) is 31.1 Å². The number of aromatic nitrogens is 1. The molecule has 6 heteroatoms. The van der Waals surface area contributed by atoms with Crippen molar-refractivity contribution in [3.8, 4) is 11.3 Å². The molecule has 0 atom stereocenters. The molecule has 2 aromatic rings. The zero-order valence-electron chi connectivity index (χ0n) is 11.4. The normalized spacial score (nSPS) is 11.3. The summed E-state index contributed by atoms with van der Waals surface area (Å²) in [6, 6.07) is 7.02. The zero-order valence-corrected chi connectivity index (χ0v) is 13.0. The van der Waals surface area contributed by atoms with E-state index in [1.54, 1.807) is 24.3 Å². The van der Waals surface area contributed by atoms with E-state index in [-0.39, 0.29) is 19.1 Å². The Bertz CT molecular complexity index is 567. The fraction of sp³-hybridized carbons (Fsp3) is 0.400. The first-order valence-corrected chi connectivity index (χ1v) is 7.49. The van der Waals surface area contributed by atoms with Crippen LogP contribution in [-0.2, 0) is 13.1 Å². The minimum atomic E-state index is -0.491. The second-order valence-corrected chi connectivity index (χ2v) is 5.55. The van der Waals surface area contributed by atoms with Crippen molar-refractivity contribution in [1.29, 1.82) is 0 Å². The number of halogens is 2. The molecule has 21 heavy (non-hydrogen) atoms. The highest BCUT2D eigenvalue weighted by Gasteiger charge is 2.14. The first-order valence-electron chi connectivity index (χ1n) is 6.70. The Morgan fingerprint density at radius 2 is 1.86 bits per heavy atom. The third-order valence-electron chi connectivity index (χ3n) is 3.29. The van der Waals surface area contributed by atoms with Gasteiger partial charge >= 0.3 is 0 Å². The summed E-state index contributed by atoms with van der Waals surface area (Å²) in [6.45, 7) is -0.610. The van der Waals surface area contributed by atoms with Crippen molar-refractivity contribution in [2.45, 2.75) is 19.5 Å². The van der Waals surface area contributed by atoms with Crippen molar-refractivity contribution in [1.82, 2.24) is 4.98 Å². The highest BCUT2D eigenvalue weighted by molar-refractivity contribution is 9.10. The van der Waals surface area contributed by atoms with Crippen LogP contribution in [-0.4, -0.2) is 28.4 Å². The summed E-state index contributed by atoms with van der Waals surface area (Å²) in [6.07, 6.45) is 1.13. The average molecular weight is 358 g/mol. The summed E-state index contributed by atoms with van der Waals surface area (Å²) in [4.78, 5) is 4.41. The third kappa shape index (κ3) is 4.12. The average Bonchev–Trinajstić information content (AvgIpc) is 2.89. The van der Waals surface area contributed by atoms with Crippen LogP contribution in [0.2, 0.25) is 0 Å². The van der Waals surface area contributed by atoms with Crippen LogP contribution in [0.3, 0.4) is 0 Å². The lowest BCUT2D eigenvalue weighted by molar-refractivity contribution is 0.142. The first kappa shape index (κ1) is 16.1. The smallest absolute Gasteiger partial charge is 0.197 e. The molecular weight excluding hydrogens is 341 g/mol. The van der Waals surface area contributed by atoms with Crippen LogP contribution in [0.4, 0.5) is 4.39 Å². The van der Waals surface area contributed by atoms with Gasteiger partial charge in [-0.2, -0.15) is 0 Å². The minimum Gasteiger partial charge on any atom is -0.433 e. The van der Waals surface area contributed by atoms with E-state index >= 15 is 0 Å². The van der Waals surface area contributed by atoms with Crippen molar-refractivity contribution in [2.24, 2.45) is 5.92 Å². The molecule has 1 aromatic heterocycles. The minimum absolute atomic E-state index is 0.0596. The number of hydrogen-bond acceptors (Lipinski definition) is 4. The highest BCUT2D eigenvalue weighted by atomic mass is 79.9. The van der Waals surface area contributed by atoms with Gasteiger partial charge in [-0.1, -0.05) is 24.3 Å². The Morgan fingerprint density at radius 3 is 2.43 bits per heavy atom. The topological polar surface area (TPSA) is 66.5 Å². The lowest BCUT2D eigenvalue weighted by Gasteiger charge is -2.07. The molecule has 0 unspecified atom stereocenters. The summed E-state index contributed by atoms with van der Waals surface area (Å²) in [5.74, 6) is 0.376. The Morgan fingerprint density at radius 1 is 1.19 bits per heavy atom.